The second kappa shape index (κ2) is 10.5. The summed E-state index contributed by atoms with van der Waals surface area (Å²) in [7, 11) is 3.24. The van der Waals surface area contributed by atoms with E-state index in [2.05, 4.69) is 19.2 Å². The molecule has 5 nitrogen and oxygen atoms in total. The number of amides is 1. The van der Waals surface area contributed by atoms with E-state index < -0.39 is 0 Å². The Labute approximate surface area is 161 Å². The first-order chi connectivity index (χ1) is 13.0. The third-order valence-corrected chi connectivity index (χ3v) is 4.33. The first kappa shape index (κ1) is 20.6. The molecule has 1 N–H and O–H groups in total. The Morgan fingerprint density at radius 2 is 1.70 bits per heavy atom. The van der Waals surface area contributed by atoms with E-state index in [9.17, 15) is 4.79 Å². The van der Waals surface area contributed by atoms with Crippen molar-refractivity contribution >= 4 is 5.91 Å². The maximum Gasteiger partial charge on any atom is 0.257 e. The first-order valence-corrected chi connectivity index (χ1v) is 9.24. The van der Waals surface area contributed by atoms with Gasteiger partial charge in [-0.2, -0.15) is 0 Å². The fourth-order valence-corrected chi connectivity index (χ4v) is 2.71. The van der Waals surface area contributed by atoms with Crippen LogP contribution in [0.5, 0.6) is 17.2 Å². The van der Waals surface area contributed by atoms with Crippen LogP contribution in [0, 0.1) is 0 Å². The van der Waals surface area contributed by atoms with Gasteiger partial charge in [0.15, 0.2) is 18.1 Å². The molecule has 1 amide bonds. The van der Waals surface area contributed by atoms with Crippen molar-refractivity contribution in [2.45, 2.75) is 32.6 Å². The Morgan fingerprint density at radius 3 is 2.33 bits per heavy atom. The molecule has 0 aliphatic rings. The molecule has 2 aromatic carbocycles. The van der Waals surface area contributed by atoms with Crippen LogP contribution in [0.4, 0.5) is 0 Å². The largest absolute Gasteiger partial charge is 0.493 e. The van der Waals surface area contributed by atoms with Gasteiger partial charge in [-0.25, -0.2) is 0 Å². The van der Waals surface area contributed by atoms with Crippen molar-refractivity contribution in [2.24, 2.45) is 0 Å². The molecule has 0 aliphatic heterocycles. The van der Waals surface area contributed by atoms with E-state index in [-0.39, 0.29) is 12.5 Å². The summed E-state index contributed by atoms with van der Waals surface area (Å²) < 4.78 is 16.1. The van der Waals surface area contributed by atoms with Gasteiger partial charge in [0, 0.05) is 6.54 Å². The highest BCUT2D eigenvalue weighted by Crippen LogP contribution is 2.27. The maximum absolute atomic E-state index is 11.9. The zero-order valence-corrected chi connectivity index (χ0v) is 16.6. The molecule has 0 heterocycles. The number of rotatable bonds is 10. The van der Waals surface area contributed by atoms with Gasteiger partial charge in [0.05, 0.1) is 14.2 Å². The van der Waals surface area contributed by atoms with E-state index in [0.29, 0.717) is 24.0 Å². The second-order valence-corrected chi connectivity index (χ2v) is 6.66. The van der Waals surface area contributed by atoms with Crippen LogP contribution < -0.4 is 19.5 Å². The van der Waals surface area contributed by atoms with E-state index in [1.54, 1.807) is 14.2 Å². The standard InChI is InChI=1S/C22H29NO4/c1-16(2)18-8-10-19(11-9-18)27-15-22(24)23-13-5-6-17-7-12-20(25-3)21(14-17)26-4/h7-12,14,16H,5-6,13,15H2,1-4H3,(H,23,24). The molecular weight excluding hydrogens is 342 g/mol. The van der Waals surface area contributed by atoms with Crippen LogP contribution in [0.15, 0.2) is 42.5 Å². The minimum Gasteiger partial charge on any atom is -0.493 e. The lowest BCUT2D eigenvalue weighted by Gasteiger charge is -2.10. The first-order valence-electron chi connectivity index (χ1n) is 9.24. The van der Waals surface area contributed by atoms with Crippen LogP contribution in [0.3, 0.4) is 0 Å². The molecule has 0 aromatic heterocycles. The Morgan fingerprint density at radius 1 is 1.00 bits per heavy atom. The van der Waals surface area contributed by atoms with Gasteiger partial charge in [-0.3, -0.25) is 4.79 Å². The van der Waals surface area contributed by atoms with E-state index in [0.717, 1.165) is 24.2 Å². The van der Waals surface area contributed by atoms with Gasteiger partial charge in [-0.15, -0.1) is 0 Å². The highest BCUT2D eigenvalue weighted by Gasteiger charge is 2.06. The number of aryl methyl sites for hydroxylation is 1. The third kappa shape index (κ3) is 6.51. The van der Waals surface area contributed by atoms with Gasteiger partial charge in [0.1, 0.15) is 5.75 Å². The van der Waals surface area contributed by atoms with Crippen LogP contribution in [-0.4, -0.2) is 33.3 Å². The number of carbonyl (C=O) groups is 1. The Bertz CT molecular complexity index is 726. The van der Waals surface area contributed by atoms with Crippen LogP contribution in [0.2, 0.25) is 0 Å². The highest BCUT2D eigenvalue weighted by atomic mass is 16.5. The zero-order valence-electron chi connectivity index (χ0n) is 16.6. The fraction of sp³-hybridized carbons (Fsp3) is 0.409. The number of carbonyl (C=O) groups excluding carboxylic acids is 1. The van der Waals surface area contributed by atoms with Crippen molar-refractivity contribution in [2.75, 3.05) is 27.4 Å². The molecule has 146 valence electrons. The summed E-state index contributed by atoms with van der Waals surface area (Å²) in [5.74, 6) is 2.51. The van der Waals surface area contributed by atoms with Gasteiger partial charge in [0.2, 0.25) is 0 Å². The molecule has 0 unspecified atom stereocenters. The molecule has 0 bridgehead atoms. The average Bonchev–Trinajstić information content (AvgIpc) is 2.69. The molecule has 2 rings (SSSR count). The maximum atomic E-state index is 11.9. The summed E-state index contributed by atoms with van der Waals surface area (Å²) in [4.78, 5) is 11.9. The summed E-state index contributed by atoms with van der Waals surface area (Å²) in [5, 5.41) is 2.88. The lowest BCUT2D eigenvalue weighted by atomic mass is 10.0. The molecular formula is C22H29NO4. The van der Waals surface area contributed by atoms with Crippen molar-refractivity contribution in [3.63, 3.8) is 0 Å². The summed E-state index contributed by atoms with van der Waals surface area (Å²) in [6.07, 6.45) is 1.68. The van der Waals surface area contributed by atoms with Gasteiger partial charge in [-0.05, 0) is 54.2 Å². The SMILES string of the molecule is COc1ccc(CCCNC(=O)COc2ccc(C(C)C)cc2)cc1OC. The lowest BCUT2D eigenvalue weighted by Crippen LogP contribution is -2.29. The zero-order chi connectivity index (χ0) is 19.6. The van der Waals surface area contributed by atoms with Crippen molar-refractivity contribution in [1.82, 2.24) is 5.32 Å². The van der Waals surface area contributed by atoms with Crippen LogP contribution in [-0.2, 0) is 11.2 Å². The smallest absolute Gasteiger partial charge is 0.257 e. The monoisotopic (exact) mass is 371 g/mol. The van der Waals surface area contributed by atoms with Crippen LogP contribution in [0.1, 0.15) is 37.3 Å². The number of benzene rings is 2. The van der Waals surface area contributed by atoms with Gasteiger partial charge in [-0.1, -0.05) is 32.0 Å². The predicted octanol–water partition coefficient (Wildman–Crippen LogP) is 3.96. The van der Waals surface area contributed by atoms with E-state index in [4.69, 9.17) is 14.2 Å². The molecule has 0 atom stereocenters. The molecule has 27 heavy (non-hydrogen) atoms. The number of nitrogens with one attached hydrogen (secondary N) is 1. The highest BCUT2D eigenvalue weighted by molar-refractivity contribution is 5.77. The molecule has 0 saturated carbocycles. The van der Waals surface area contributed by atoms with Crippen molar-refractivity contribution in [3.05, 3.63) is 53.6 Å². The van der Waals surface area contributed by atoms with Gasteiger partial charge >= 0.3 is 0 Å². The minimum atomic E-state index is -0.116. The van der Waals surface area contributed by atoms with Gasteiger partial charge < -0.3 is 19.5 Å². The Hall–Kier alpha value is -2.69. The Balaban J connectivity index is 1.68. The van der Waals surface area contributed by atoms with Crippen molar-refractivity contribution in [1.29, 1.82) is 0 Å². The number of hydrogen-bond acceptors (Lipinski definition) is 4. The van der Waals surface area contributed by atoms with E-state index in [1.807, 2.05) is 42.5 Å². The summed E-state index contributed by atoms with van der Waals surface area (Å²) in [6.45, 7) is 4.91. The predicted molar refractivity (Wildman–Crippen MR) is 107 cm³/mol. The number of methoxy groups -OCH3 is 2. The van der Waals surface area contributed by atoms with Crippen LogP contribution in [0.25, 0.3) is 0 Å². The third-order valence-electron chi connectivity index (χ3n) is 4.33. The molecule has 0 spiro atoms. The summed E-state index contributed by atoms with van der Waals surface area (Å²) in [5.41, 5.74) is 2.39. The summed E-state index contributed by atoms with van der Waals surface area (Å²) in [6, 6.07) is 13.7. The quantitative estimate of drug-likeness (QED) is 0.643. The van der Waals surface area contributed by atoms with Crippen molar-refractivity contribution in [3.8, 4) is 17.2 Å². The molecule has 2 aromatic rings. The van der Waals surface area contributed by atoms with E-state index in [1.165, 1.54) is 5.56 Å². The topological polar surface area (TPSA) is 56.8 Å². The number of ether oxygens (including phenoxy) is 3. The summed E-state index contributed by atoms with van der Waals surface area (Å²) >= 11 is 0. The van der Waals surface area contributed by atoms with E-state index >= 15 is 0 Å². The Kier molecular flexibility index (Phi) is 7.99. The molecule has 0 radical (unpaired) electrons. The lowest BCUT2D eigenvalue weighted by molar-refractivity contribution is -0.123. The van der Waals surface area contributed by atoms with Gasteiger partial charge in [0.25, 0.3) is 5.91 Å². The minimum absolute atomic E-state index is 0.0252. The second-order valence-electron chi connectivity index (χ2n) is 6.66. The van der Waals surface area contributed by atoms with Crippen molar-refractivity contribution < 1.29 is 19.0 Å². The van der Waals surface area contributed by atoms with Crippen LogP contribution >= 0.6 is 0 Å². The molecule has 0 fully saturated rings. The molecule has 5 heteroatoms. The molecule has 0 aliphatic carbocycles. The number of hydrogen-bond donors (Lipinski definition) is 1. The fourth-order valence-electron chi connectivity index (χ4n) is 2.71. The normalized spacial score (nSPS) is 10.6. The average molecular weight is 371 g/mol. The molecule has 0 saturated heterocycles.